The van der Waals surface area contributed by atoms with E-state index in [1.165, 1.54) is 25.7 Å². The first-order valence-corrected chi connectivity index (χ1v) is 8.75. The monoisotopic (exact) mass is 458 g/mol. The molecular weight excluding hydrogens is 427 g/mol. The first kappa shape index (κ1) is 21.7. The average molecular weight is 458 g/mol. The molecule has 1 aliphatic rings. The summed E-state index contributed by atoms with van der Waals surface area (Å²) < 4.78 is 0. The summed E-state index contributed by atoms with van der Waals surface area (Å²) in [6.07, 6.45) is 5.20. The summed E-state index contributed by atoms with van der Waals surface area (Å²) in [4.78, 5) is 17.8. The maximum atomic E-state index is 11.9. The summed E-state index contributed by atoms with van der Waals surface area (Å²) in [5.41, 5.74) is 2.30. The number of nitrogens with one attached hydrogen (secondary N) is 2. The molecule has 1 aliphatic carbocycles. The topological polar surface area (TPSA) is 56.7 Å². The van der Waals surface area contributed by atoms with Crippen LogP contribution < -0.4 is 10.6 Å². The zero-order valence-corrected chi connectivity index (χ0v) is 18.1. The average Bonchev–Trinajstić information content (AvgIpc) is 2.56. The van der Waals surface area contributed by atoms with Gasteiger partial charge in [-0.3, -0.25) is 9.79 Å². The Labute approximate surface area is 168 Å². The summed E-state index contributed by atoms with van der Waals surface area (Å²) in [5, 5.41) is 6.80. The molecule has 6 heteroatoms. The van der Waals surface area contributed by atoms with Crippen molar-refractivity contribution in [3.8, 4) is 0 Å². The number of hydrogen-bond donors (Lipinski definition) is 2. The van der Waals surface area contributed by atoms with E-state index in [1.54, 1.807) is 26.0 Å². The Morgan fingerprint density at radius 1 is 1.20 bits per heavy atom. The van der Waals surface area contributed by atoms with Crippen LogP contribution >= 0.6 is 24.0 Å². The van der Waals surface area contributed by atoms with Crippen molar-refractivity contribution in [3.63, 3.8) is 0 Å². The van der Waals surface area contributed by atoms with Gasteiger partial charge in [0.2, 0.25) is 0 Å². The standard InChI is InChI=1S/C19H30N4O.HI/c1-5-19(11-6-12-19)14-22-18(20-2)21-13-15-7-9-16(10-8-15)17(24)23(3)4;/h7-10H,5-6,11-14H2,1-4H3,(H2,20,21,22);1H. The van der Waals surface area contributed by atoms with Gasteiger partial charge in [-0.25, -0.2) is 0 Å². The van der Waals surface area contributed by atoms with Gasteiger partial charge in [-0.1, -0.05) is 25.5 Å². The minimum absolute atomic E-state index is 0. The van der Waals surface area contributed by atoms with Crippen LogP contribution in [0.4, 0.5) is 0 Å². The van der Waals surface area contributed by atoms with Crippen LogP contribution in [0.1, 0.15) is 48.5 Å². The number of carbonyl (C=O) groups excluding carboxylic acids is 1. The molecule has 140 valence electrons. The van der Waals surface area contributed by atoms with Crippen molar-refractivity contribution in [3.05, 3.63) is 35.4 Å². The Bertz CT molecular complexity index is 574. The first-order chi connectivity index (χ1) is 11.5. The lowest BCUT2D eigenvalue weighted by Gasteiger charge is -2.41. The lowest BCUT2D eigenvalue weighted by molar-refractivity contribution is 0.0827. The third kappa shape index (κ3) is 5.87. The number of aliphatic imine (C=N–C) groups is 1. The van der Waals surface area contributed by atoms with E-state index < -0.39 is 0 Å². The lowest BCUT2D eigenvalue weighted by Crippen LogP contribution is -2.46. The van der Waals surface area contributed by atoms with Gasteiger partial charge in [0.25, 0.3) is 5.91 Å². The molecular formula is C19H31IN4O. The van der Waals surface area contributed by atoms with Gasteiger partial charge in [0, 0.05) is 39.8 Å². The van der Waals surface area contributed by atoms with Crippen molar-refractivity contribution in [2.24, 2.45) is 10.4 Å². The number of guanidine groups is 1. The number of nitrogens with zero attached hydrogens (tertiary/aromatic N) is 2. The quantitative estimate of drug-likeness (QED) is 0.391. The molecule has 0 heterocycles. The van der Waals surface area contributed by atoms with E-state index in [9.17, 15) is 4.79 Å². The number of benzene rings is 1. The zero-order chi connectivity index (χ0) is 17.6. The molecule has 0 aliphatic heterocycles. The van der Waals surface area contributed by atoms with Crippen LogP contribution in [0.25, 0.3) is 0 Å². The second-order valence-corrected chi connectivity index (χ2v) is 6.88. The Morgan fingerprint density at radius 2 is 1.84 bits per heavy atom. The van der Waals surface area contributed by atoms with Gasteiger partial charge < -0.3 is 15.5 Å². The van der Waals surface area contributed by atoms with E-state index in [1.807, 2.05) is 24.3 Å². The SMILES string of the molecule is CCC1(CNC(=NC)NCc2ccc(C(=O)N(C)C)cc2)CCC1.I. The molecule has 1 saturated carbocycles. The van der Waals surface area contributed by atoms with Gasteiger partial charge in [0.1, 0.15) is 0 Å². The van der Waals surface area contributed by atoms with Crippen LogP contribution in [0.2, 0.25) is 0 Å². The Kier molecular flexibility index (Phi) is 8.68. The van der Waals surface area contributed by atoms with Gasteiger partial charge >= 0.3 is 0 Å². The Hall–Kier alpha value is -1.31. The molecule has 2 rings (SSSR count). The zero-order valence-electron chi connectivity index (χ0n) is 15.8. The summed E-state index contributed by atoms with van der Waals surface area (Å²) >= 11 is 0. The predicted molar refractivity (Wildman–Crippen MR) is 115 cm³/mol. The maximum Gasteiger partial charge on any atom is 0.253 e. The molecule has 0 atom stereocenters. The molecule has 2 N–H and O–H groups in total. The van der Waals surface area contributed by atoms with Crippen molar-refractivity contribution >= 4 is 35.8 Å². The molecule has 1 fully saturated rings. The van der Waals surface area contributed by atoms with Crippen LogP contribution in [0.3, 0.4) is 0 Å². The summed E-state index contributed by atoms with van der Waals surface area (Å²) in [6, 6.07) is 7.71. The van der Waals surface area contributed by atoms with Crippen LogP contribution in [0, 0.1) is 5.41 Å². The van der Waals surface area contributed by atoms with Crippen molar-refractivity contribution in [1.29, 1.82) is 0 Å². The number of hydrogen-bond acceptors (Lipinski definition) is 2. The Morgan fingerprint density at radius 3 is 2.28 bits per heavy atom. The fourth-order valence-electron chi connectivity index (χ4n) is 3.03. The molecule has 1 aromatic rings. The lowest BCUT2D eigenvalue weighted by atomic mass is 9.67. The van der Waals surface area contributed by atoms with Crippen LogP contribution in [-0.2, 0) is 6.54 Å². The van der Waals surface area contributed by atoms with E-state index in [0.29, 0.717) is 17.5 Å². The molecule has 5 nitrogen and oxygen atoms in total. The maximum absolute atomic E-state index is 11.9. The number of halogens is 1. The number of rotatable bonds is 6. The van der Waals surface area contributed by atoms with Crippen LogP contribution in [-0.4, -0.2) is 44.5 Å². The van der Waals surface area contributed by atoms with Crippen LogP contribution in [0.5, 0.6) is 0 Å². The predicted octanol–water partition coefficient (Wildman–Crippen LogP) is 3.25. The normalized spacial score (nSPS) is 15.6. The van der Waals surface area contributed by atoms with E-state index in [0.717, 1.165) is 18.1 Å². The highest BCUT2D eigenvalue weighted by atomic mass is 127. The summed E-state index contributed by atoms with van der Waals surface area (Å²) in [5.74, 6) is 0.862. The Balaban J connectivity index is 0.00000312. The van der Waals surface area contributed by atoms with Gasteiger partial charge in [0.15, 0.2) is 5.96 Å². The second kappa shape index (κ2) is 9.99. The smallest absolute Gasteiger partial charge is 0.253 e. The highest BCUT2D eigenvalue weighted by Gasteiger charge is 2.34. The van der Waals surface area contributed by atoms with E-state index >= 15 is 0 Å². The highest BCUT2D eigenvalue weighted by Crippen LogP contribution is 2.42. The minimum Gasteiger partial charge on any atom is -0.356 e. The molecule has 0 bridgehead atoms. The summed E-state index contributed by atoms with van der Waals surface area (Å²) in [6.45, 7) is 3.95. The minimum atomic E-state index is 0. The fraction of sp³-hybridized carbons (Fsp3) is 0.579. The van der Waals surface area contributed by atoms with Crippen molar-refractivity contribution in [2.45, 2.75) is 39.2 Å². The molecule has 0 unspecified atom stereocenters. The van der Waals surface area contributed by atoms with Gasteiger partial charge in [0.05, 0.1) is 0 Å². The summed E-state index contributed by atoms with van der Waals surface area (Å²) in [7, 11) is 5.32. The molecule has 0 saturated heterocycles. The largest absolute Gasteiger partial charge is 0.356 e. The van der Waals surface area contributed by atoms with Gasteiger partial charge in [-0.15, -0.1) is 24.0 Å². The molecule has 1 amide bonds. The molecule has 1 aromatic carbocycles. The molecule has 25 heavy (non-hydrogen) atoms. The van der Waals surface area contributed by atoms with E-state index in [-0.39, 0.29) is 29.9 Å². The van der Waals surface area contributed by atoms with Gasteiger partial charge in [-0.2, -0.15) is 0 Å². The van der Waals surface area contributed by atoms with E-state index in [2.05, 4.69) is 22.5 Å². The number of amides is 1. The highest BCUT2D eigenvalue weighted by molar-refractivity contribution is 14.0. The molecule has 0 radical (unpaired) electrons. The van der Waals surface area contributed by atoms with Crippen molar-refractivity contribution < 1.29 is 4.79 Å². The third-order valence-corrected chi connectivity index (χ3v) is 5.09. The van der Waals surface area contributed by atoms with Gasteiger partial charge in [-0.05, 0) is 42.4 Å². The first-order valence-electron chi connectivity index (χ1n) is 8.75. The number of carbonyl (C=O) groups is 1. The van der Waals surface area contributed by atoms with Crippen molar-refractivity contribution in [1.82, 2.24) is 15.5 Å². The third-order valence-electron chi connectivity index (χ3n) is 5.09. The second-order valence-electron chi connectivity index (χ2n) is 6.88. The van der Waals surface area contributed by atoms with Crippen LogP contribution in [0.15, 0.2) is 29.3 Å². The van der Waals surface area contributed by atoms with Crippen molar-refractivity contribution in [2.75, 3.05) is 27.7 Å². The fourth-order valence-corrected chi connectivity index (χ4v) is 3.03. The molecule has 0 spiro atoms. The van der Waals surface area contributed by atoms with E-state index in [4.69, 9.17) is 0 Å². The molecule has 0 aromatic heterocycles.